The summed E-state index contributed by atoms with van der Waals surface area (Å²) in [5.41, 5.74) is 6.45. The standard InChI is InChI=1S/C11H16ClN3O/c1-15(2)7-6-14-11(16)8-4-3-5-9(13)10(8)12/h3-5H,6-7,13H2,1-2H3,(H,14,16). The molecule has 16 heavy (non-hydrogen) atoms. The van der Waals surface area contributed by atoms with Crippen LogP contribution in [-0.4, -0.2) is 38.0 Å². The highest BCUT2D eigenvalue weighted by molar-refractivity contribution is 6.36. The van der Waals surface area contributed by atoms with Crippen LogP contribution in [0.3, 0.4) is 0 Å². The van der Waals surface area contributed by atoms with E-state index in [4.69, 9.17) is 17.3 Å². The number of nitrogens with two attached hydrogens (primary N) is 1. The Morgan fingerprint density at radius 2 is 2.19 bits per heavy atom. The van der Waals surface area contributed by atoms with E-state index < -0.39 is 0 Å². The van der Waals surface area contributed by atoms with Gasteiger partial charge in [-0.05, 0) is 26.2 Å². The van der Waals surface area contributed by atoms with Gasteiger partial charge in [0.1, 0.15) is 0 Å². The third kappa shape index (κ3) is 3.40. The van der Waals surface area contributed by atoms with Crippen molar-refractivity contribution < 1.29 is 4.79 Å². The lowest BCUT2D eigenvalue weighted by Crippen LogP contribution is -2.31. The lowest BCUT2D eigenvalue weighted by molar-refractivity contribution is 0.0951. The zero-order valence-corrected chi connectivity index (χ0v) is 10.2. The van der Waals surface area contributed by atoms with Gasteiger partial charge in [0, 0.05) is 13.1 Å². The maximum absolute atomic E-state index is 11.7. The molecule has 0 saturated heterocycles. The van der Waals surface area contributed by atoms with Crippen LogP contribution >= 0.6 is 11.6 Å². The van der Waals surface area contributed by atoms with Crippen molar-refractivity contribution in [1.29, 1.82) is 0 Å². The number of carbonyl (C=O) groups excluding carboxylic acids is 1. The van der Waals surface area contributed by atoms with E-state index in [-0.39, 0.29) is 5.91 Å². The van der Waals surface area contributed by atoms with Crippen molar-refractivity contribution in [1.82, 2.24) is 10.2 Å². The van der Waals surface area contributed by atoms with Crippen LogP contribution in [0.25, 0.3) is 0 Å². The smallest absolute Gasteiger partial charge is 0.252 e. The number of hydrogen-bond acceptors (Lipinski definition) is 3. The molecule has 0 unspecified atom stereocenters. The molecule has 0 aromatic heterocycles. The summed E-state index contributed by atoms with van der Waals surface area (Å²) in [7, 11) is 3.89. The Morgan fingerprint density at radius 3 is 2.81 bits per heavy atom. The molecular weight excluding hydrogens is 226 g/mol. The van der Waals surface area contributed by atoms with E-state index in [1.807, 2.05) is 19.0 Å². The van der Waals surface area contributed by atoms with Crippen LogP contribution in [0.4, 0.5) is 5.69 Å². The van der Waals surface area contributed by atoms with Crippen LogP contribution in [0.5, 0.6) is 0 Å². The predicted octanol–water partition coefficient (Wildman–Crippen LogP) is 1.21. The normalized spacial score (nSPS) is 10.5. The van der Waals surface area contributed by atoms with Crippen LogP contribution in [0.2, 0.25) is 5.02 Å². The topological polar surface area (TPSA) is 58.4 Å². The molecule has 1 aromatic rings. The quantitative estimate of drug-likeness (QED) is 0.780. The van der Waals surface area contributed by atoms with Crippen LogP contribution in [-0.2, 0) is 0 Å². The molecule has 0 aliphatic heterocycles. The van der Waals surface area contributed by atoms with Gasteiger partial charge in [0.15, 0.2) is 0 Å². The SMILES string of the molecule is CN(C)CCNC(=O)c1cccc(N)c1Cl. The zero-order chi connectivity index (χ0) is 12.1. The van der Waals surface area contributed by atoms with Crippen LogP contribution in [0.15, 0.2) is 18.2 Å². The Morgan fingerprint density at radius 1 is 1.50 bits per heavy atom. The Kier molecular flexibility index (Phi) is 4.58. The number of benzene rings is 1. The van der Waals surface area contributed by atoms with E-state index in [0.717, 1.165) is 6.54 Å². The summed E-state index contributed by atoms with van der Waals surface area (Å²) in [6.07, 6.45) is 0. The monoisotopic (exact) mass is 241 g/mol. The van der Waals surface area contributed by atoms with E-state index in [1.54, 1.807) is 18.2 Å². The minimum Gasteiger partial charge on any atom is -0.398 e. The third-order valence-electron chi connectivity index (χ3n) is 2.12. The summed E-state index contributed by atoms with van der Waals surface area (Å²) in [6, 6.07) is 5.03. The number of amides is 1. The molecule has 1 aromatic carbocycles. The van der Waals surface area contributed by atoms with E-state index in [2.05, 4.69) is 5.32 Å². The number of nitrogens with zero attached hydrogens (tertiary/aromatic N) is 1. The number of nitrogens with one attached hydrogen (secondary N) is 1. The summed E-state index contributed by atoms with van der Waals surface area (Å²) in [5, 5.41) is 3.09. The number of anilines is 1. The fourth-order valence-corrected chi connectivity index (χ4v) is 1.43. The van der Waals surface area contributed by atoms with Crippen molar-refractivity contribution in [2.75, 3.05) is 32.9 Å². The first-order valence-electron chi connectivity index (χ1n) is 4.99. The van der Waals surface area contributed by atoms with Crippen molar-refractivity contribution in [3.05, 3.63) is 28.8 Å². The second kappa shape index (κ2) is 5.72. The summed E-state index contributed by atoms with van der Waals surface area (Å²) >= 11 is 5.93. The third-order valence-corrected chi connectivity index (χ3v) is 2.54. The van der Waals surface area contributed by atoms with Crippen molar-refractivity contribution in [2.45, 2.75) is 0 Å². The fraction of sp³-hybridized carbons (Fsp3) is 0.364. The molecule has 0 heterocycles. The summed E-state index contributed by atoms with van der Waals surface area (Å²) in [6.45, 7) is 1.36. The molecule has 0 bridgehead atoms. The molecule has 0 aliphatic carbocycles. The van der Waals surface area contributed by atoms with Crippen molar-refractivity contribution in [3.63, 3.8) is 0 Å². The van der Waals surface area contributed by atoms with Gasteiger partial charge in [-0.15, -0.1) is 0 Å². The van der Waals surface area contributed by atoms with Gasteiger partial charge < -0.3 is 16.0 Å². The highest BCUT2D eigenvalue weighted by atomic mass is 35.5. The second-order valence-corrected chi connectivity index (χ2v) is 4.15. The number of halogens is 1. The maximum Gasteiger partial charge on any atom is 0.252 e. The molecule has 0 spiro atoms. The highest BCUT2D eigenvalue weighted by Crippen LogP contribution is 2.22. The maximum atomic E-state index is 11.7. The van der Waals surface area contributed by atoms with E-state index in [9.17, 15) is 4.79 Å². The molecule has 88 valence electrons. The van der Waals surface area contributed by atoms with Gasteiger partial charge in [-0.3, -0.25) is 4.79 Å². The lowest BCUT2D eigenvalue weighted by atomic mass is 10.2. The Bertz CT molecular complexity index is 379. The highest BCUT2D eigenvalue weighted by Gasteiger charge is 2.11. The Hall–Kier alpha value is -1.26. The van der Waals surface area contributed by atoms with E-state index >= 15 is 0 Å². The Balaban J connectivity index is 2.63. The van der Waals surface area contributed by atoms with E-state index in [1.165, 1.54) is 0 Å². The van der Waals surface area contributed by atoms with E-state index in [0.29, 0.717) is 22.8 Å². The van der Waals surface area contributed by atoms with Crippen molar-refractivity contribution in [2.24, 2.45) is 0 Å². The summed E-state index contributed by atoms with van der Waals surface area (Å²) in [5.74, 6) is -0.195. The molecular formula is C11H16ClN3O. The van der Waals surface area contributed by atoms with Gasteiger partial charge in [0.2, 0.25) is 0 Å². The number of likely N-dealkylation sites (N-methyl/N-ethyl adjacent to an activating group) is 1. The van der Waals surface area contributed by atoms with Crippen LogP contribution in [0, 0.1) is 0 Å². The minimum atomic E-state index is -0.195. The average Bonchev–Trinajstić information content (AvgIpc) is 2.21. The van der Waals surface area contributed by atoms with Gasteiger partial charge >= 0.3 is 0 Å². The van der Waals surface area contributed by atoms with Gasteiger partial charge in [0.25, 0.3) is 5.91 Å². The molecule has 0 saturated carbocycles. The lowest BCUT2D eigenvalue weighted by Gasteiger charge is -2.11. The average molecular weight is 242 g/mol. The molecule has 4 nitrogen and oxygen atoms in total. The zero-order valence-electron chi connectivity index (χ0n) is 9.46. The Labute approximate surface area is 100 Å². The molecule has 3 N–H and O–H groups in total. The van der Waals surface area contributed by atoms with Crippen LogP contribution in [0.1, 0.15) is 10.4 Å². The van der Waals surface area contributed by atoms with Crippen LogP contribution < -0.4 is 11.1 Å². The van der Waals surface area contributed by atoms with Gasteiger partial charge in [-0.25, -0.2) is 0 Å². The number of carbonyl (C=O) groups is 1. The number of nitrogen functional groups attached to an aromatic ring is 1. The van der Waals surface area contributed by atoms with Crippen molar-refractivity contribution >= 4 is 23.2 Å². The predicted molar refractivity (Wildman–Crippen MR) is 66.8 cm³/mol. The molecule has 0 radical (unpaired) electrons. The molecule has 0 fully saturated rings. The molecule has 0 atom stereocenters. The first-order valence-corrected chi connectivity index (χ1v) is 5.37. The molecule has 1 amide bonds. The number of rotatable bonds is 4. The first-order chi connectivity index (χ1) is 7.52. The first kappa shape index (κ1) is 12.8. The molecule has 1 rings (SSSR count). The van der Waals surface area contributed by atoms with Gasteiger partial charge in [-0.1, -0.05) is 17.7 Å². The fourth-order valence-electron chi connectivity index (χ4n) is 1.21. The van der Waals surface area contributed by atoms with Crippen molar-refractivity contribution in [3.8, 4) is 0 Å². The molecule has 5 heteroatoms. The summed E-state index contributed by atoms with van der Waals surface area (Å²) < 4.78 is 0. The summed E-state index contributed by atoms with van der Waals surface area (Å²) in [4.78, 5) is 13.7. The number of hydrogen-bond donors (Lipinski definition) is 2. The molecule has 0 aliphatic rings. The largest absolute Gasteiger partial charge is 0.398 e. The minimum absolute atomic E-state index is 0.195. The second-order valence-electron chi connectivity index (χ2n) is 3.77. The van der Waals surface area contributed by atoms with Gasteiger partial charge in [0.05, 0.1) is 16.3 Å². The van der Waals surface area contributed by atoms with Gasteiger partial charge in [-0.2, -0.15) is 0 Å².